The number of aromatic nitrogens is 2. The molecular weight excluding hydrogens is 244 g/mol. The number of ether oxygens (including phenoxy) is 1. The molecule has 1 rings (SSSR count). The monoisotopic (exact) mass is 266 g/mol. The third kappa shape index (κ3) is 6.15. The summed E-state index contributed by atoms with van der Waals surface area (Å²) in [5.74, 6) is 0.470. The second kappa shape index (κ2) is 9.27. The van der Waals surface area contributed by atoms with E-state index in [4.69, 9.17) is 4.74 Å². The minimum atomic E-state index is -0.203. The first-order valence-electron chi connectivity index (χ1n) is 6.71. The molecule has 0 fully saturated rings. The fraction of sp³-hybridized carbons (Fsp3) is 0.615. The van der Waals surface area contributed by atoms with E-state index in [0.717, 1.165) is 26.0 Å². The largest absolute Gasteiger partial charge is 0.381 e. The van der Waals surface area contributed by atoms with Gasteiger partial charge in [-0.15, -0.1) is 10.2 Å². The van der Waals surface area contributed by atoms with E-state index in [0.29, 0.717) is 24.7 Å². The quantitative estimate of drug-likeness (QED) is 0.662. The summed E-state index contributed by atoms with van der Waals surface area (Å²) in [6.45, 7) is 6.84. The van der Waals surface area contributed by atoms with Gasteiger partial charge in [0.05, 0.1) is 0 Å². The zero-order valence-electron chi connectivity index (χ0n) is 11.6. The van der Waals surface area contributed by atoms with Crippen molar-refractivity contribution in [2.75, 3.05) is 31.6 Å². The molecule has 6 heteroatoms. The van der Waals surface area contributed by atoms with E-state index >= 15 is 0 Å². The lowest BCUT2D eigenvalue weighted by molar-refractivity contribution is 0.0935. The average molecular weight is 266 g/mol. The Morgan fingerprint density at radius 1 is 1.26 bits per heavy atom. The van der Waals surface area contributed by atoms with Gasteiger partial charge in [0.15, 0.2) is 5.69 Å². The third-order valence-electron chi connectivity index (χ3n) is 2.35. The summed E-state index contributed by atoms with van der Waals surface area (Å²) in [7, 11) is 0. The Morgan fingerprint density at radius 3 is 2.74 bits per heavy atom. The SMILES string of the molecule is CCCOCCCNC(=O)c1ccc(NCC)nn1. The number of nitrogens with zero attached hydrogens (tertiary/aromatic N) is 2. The molecule has 1 aromatic heterocycles. The van der Waals surface area contributed by atoms with E-state index in [1.54, 1.807) is 12.1 Å². The van der Waals surface area contributed by atoms with Crippen LogP contribution in [0.1, 0.15) is 37.2 Å². The van der Waals surface area contributed by atoms with Crippen LogP contribution in [0.5, 0.6) is 0 Å². The predicted molar refractivity (Wildman–Crippen MR) is 74.3 cm³/mol. The average Bonchev–Trinajstić information content (AvgIpc) is 2.43. The molecule has 0 aliphatic rings. The Bertz CT molecular complexity index is 367. The zero-order chi connectivity index (χ0) is 13.9. The maximum absolute atomic E-state index is 11.7. The number of amides is 1. The van der Waals surface area contributed by atoms with Gasteiger partial charge < -0.3 is 15.4 Å². The van der Waals surface area contributed by atoms with E-state index in [2.05, 4.69) is 27.8 Å². The van der Waals surface area contributed by atoms with Gasteiger partial charge in [0, 0.05) is 26.3 Å². The molecule has 0 aliphatic carbocycles. The maximum Gasteiger partial charge on any atom is 0.271 e. The van der Waals surface area contributed by atoms with Crippen LogP contribution in [0, 0.1) is 0 Å². The van der Waals surface area contributed by atoms with E-state index in [9.17, 15) is 4.79 Å². The Balaban J connectivity index is 2.25. The van der Waals surface area contributed by atoms with Gasteiger partial charge in [-0.25, -0.2) is 0 Å². The van der Waals surface area contributed by atoms with Crippen LogP contribution in [-0.2, 0) is 4.74 Å². The van der Waals surface area contributed by atoms with E-state index < -0.39 is 0 Å². The first-order chi connectivity index (χ1) is 9.27. The molecular formula is C13H22N4O2. The second-order valence-corrected chi connectivity index (χ2v) is 4.06. The van der Waals surface area contributed by atoms with Crippen LogP contribution in [0.2, 0.25) is 0 Å². The summed E-state index contributed by atoms with van der Waals surface area (Å²) < 4.78 is 5.33. The van der Waals surface area contributed by atoms with E-state index in [1.807, 2.05) is 6.92 Å². The predicted octanol–water partition coefficient (Wildman–Crippen LogP) is 1.45. The van der Waals surface area contributed by atoms with Crippen molar-refractivity contribution >= 4 is 11.7 Å². The fourth-order valence-corrected chi connectivity index (χ4v) is 1.44. The number of hydrogen-bond donors (Lipinski definition) is 2. The second-order valence-electron chi connectivity index (χ2n) is 4.06. The van der Waals surface area contributed by atoms with Crippen LogP contribution in [0.4, 0.5) is 5.82 Å². The zero-order valence-corrected chi connectivity index (χ0v) is 11.6. The minimum Gasteiger partial charge on any atom is -0.381 e. The highest BCUT2D eigenvalue weighted by molar-refractivity contribution is 5.92. The van der Waals surface area contributed by atoms with Crippen molar-refractivity contribution in [3.8, 4) is 0 Å². The Morgan fingerprint density at radius 2 is 2.11 bits per heavy atom. The highest BCUT2D eigenvalue weighted by Crippen LogP contribution is 2.01. The van der Waals surface area contributed by atoms with Gasteiger partial charge >= 0.3 is 0 Å². The molecule has 0 unspecified atom stereocenters. The van der Waals surface area contributed by atoms with Gasteiger partial charge in [-0.05, 0) is 31.9 Å². The molecule has 1 aromatic rings. The molecule has 0 saturated carbocycles. The van der Waals surface area contributed by atoms with Crippen molar-refractivity contribution in [3.63, 3.8) is 0 Å². The van der Waals surface area contributed by atoms with Gasteiger partial charge in [-0.2, -0.15) is 0 Å². The van der Waals surface area contributed by atoms with E-state index in [1.165, 1.54) is 0 Å². The van der Waals surface area contributed by atoms with E-state index in [-0.39, 0.29) is 5.91 Å². The van der Waals surface area contributed by atoms with Crippen LogP contribution >= 0.6 is 0 Å². The summed E-state index contributed by atoms with van der Waals surface area (Å²) in [5, 5.41) is 13.6. The highest BCUT2D eigenvalue weighted by atomic mass is 16.5. The molecule has 0 aromatic carbocycles. The Labute approximate surface area is 113 Å². The molecule has 0 spiro atoms. The van der Waals surface area contributed by atoms with Crippen molar-refractivity contribution in [2.45, 2.75) is 26.7 Å². The van der Waals surface area contributed by atoms with Crippen molar-refractivity contribution in [2.24, 2.45) is 0 Å². The molecule has 0 atom stereocenters. The summed E-state index contributed by atoms with van der Waals surface area (Å²) in [5.41, 5.74) is 0.330. The van der Waals surface area contributed by atoms with Crippen LogP contribution < -0.4 is 10.6 Å². The molecule has 106 valence electrons. The lowest BCUT2D eigenvalue weighted by Gasteiger charge is -2.05. The smallest absolute Gasteiger partial charge is 0.271 e. The molecule has 0 bridgehead atoms. The molecule has 1 amide bonds. The van der Waals surface area contributed by atoms with Crippen LogP contribution in [0.25, 0.3) is 0 Å². The number of carbonyl (C=O) groups is 1. The van der Waals surface area contributed by atoms with Crippen molar-refractivity contribution in [3.05, 3.63) is 17.8 Å². The van der Waals surface area contributed by atoms with Gasteiger partial charge in [-0.1, -0.05) is 6.92 Å². The van der Waals surface area contributed by atoms with Gasteiger partial charge in [0.25, 0.3) is 5.91 Å². The summed E-state index contributed by atoms with van der Waals surface area (Å²) in [6.07, 6.45) is 1.81. The Kier molecular flexibility index (Phi) is 7.50. The first-order valence-corrected chi connectivity index (χ1v) is 6.71. The molecule has 6 nitrogen and oxygen atoms in total. The molecule has 0 saturated heterocycles. The lowest BCUT2D eigenvalue weighted by Crippen LogP contribution is -2.26. The van der Waals surface area contributed by atoms with Crippen molar-refractivity contribution in [1.29, 1.82) is 0 Å². The van der Waals surface area contributed by atoms with Gasteiger partial charge in [0.2, 0.25) is 0 Å². The molecule has 2 N–H and O–H groups in total. The molecule has 0 radical (unpaired) electrons. The number of anilines is 1. The van der Waals surface area contributed by atoms with Crippen molar-refractivity contribution < 1.29 is 9.53 Å². The summed E-state index contributed by atoms with van der Waals surface area (Å²) >= 11 is 0. The third-order valence-corrected chi connectivity index (χ3v) is 2.35. The molecule has 19 heavy (non-hydrogen) atoms. The molecule has 1 heterocycles. The normalized spacial score (nSPS) is 10.2. The van der Waals surface area contributed by atoms with Crippen molar-refractivity contribution in [1.82, 2.24) is 15.5 Å². The number of rotatable bonds is 9. The van der Waals surface area contributed by atoms with Crippen LogP contribution in [0.3, 0.4) is 0 Å². The van der Waals surface area contributed by atoms with Crippen LogP contribution in [0.15, 0.2) is 12.1 Å². The topological polar surface area (TPSA) is 76.1 Å². The Hall–Kier alpha value is -1.69. The summed E-state index contributed by atoms with van der Waals surface area (Å²) in [6, 6.07) is 3.41. The first kappa shape index (κ1) is 15.4. The molecule has 0 aliphatic heterocycles. The maximum atomic E-state index is 11.7. The lowest BCUT2D eigenvalue weighted by atomic mass is 10.3. The number of carbonyl (C=O) groups excluding carboxylic acids is 1. The fourth-order valence-electron chi connectivity index (χ4n) is 1.44. The number of nitrogens with one attached hydrogen (secondary N) is 2. The standard InChI is InChI=1S/C13H22N4O2/c1-3-9-19-10-5-8-15-13(18)11-6-7-12(14-4-2)17-16-11/h6-7H,3-5,8-10H2,1-2H3,(H,14,17)(H,15,18). The van der Waals surface area contributed by atoms with Gasteiger partial charge in [0.1, 0.15) is 5.82 Å². The van der Waals surface area contributed by atoms with Gasteiger partial charge in [-0.3, -0.25) is 4.79 Å². The number of hydrogen-bond acceptors (Lipinski definition) is 5. The van der Waals surface area contributed by atoms with Crippen LogP contribution in [-0.4, -0.2) is 42.4 Å². The minimum absolute atomic E-state index is 0.203. The summed E-state index contributed by atoms with van der Waals surface area (Å²) in [4.78, 5) is 11.7. The highest BCUT2D eigenvalue weighted by Gasteiger charge is 2.06.